The molecule has 0 aliphatic rings. The summed E-state index contributed by atoms with van der Waals surface area (Å²) in [7, 11) is 0. The molecule has 0 saturated heterocycles. The highest BCUT2D eigenvalue weighted by Gasteiger charge is 2.31. The predicted molar refractivity (Wildman–Crippen MR) is 116 cm³/mol. The van der Waals surface area contributed by atoms with Gasteiger partial charge in [0.05, 0.1) is 17.7 Å². The average molecular weight is 524 g/mol. The van der Waals surface area contributed by atoms with Crippen molar-refractivity contribution in [2.75, 3.05) is 6.54 Å². The van der Waals surface area contributed by atoms with Crippen molar-refractivity contribution in [3.63, 3.8) is 0 Å². The fourth-order valence-electron chi connectivity index (χ4n) is 3.26. The van der Waals surface area contributed by atoms with Crippen LogP contribution in [0.5, 0.6) is 0 Å². The van der Waals surface area contributed by atoms with E-state index >= 15 is 0 Å². The minimum Gasteiger partial charge on any atom is -0.390 e. The zero-order chi connectivity index (χ0) is 24.9. The number of benzene rings is 2. The van der Waals surface area contributed by atoms with Gasteiger partial charge in [-0.2, -0.15) is 31.0 Å². The Morgan fingerprint density at radius 3 is 1.69 bits per heavy atom. The number of hydrogen-bond donors (Lipinski definition) is 0. The number of nitro groups is 1. The second kappa shape index (κ2) is 11.5. The minimum atomic E-state index is -4.46. The van der Waals surface area contributed by atoms with Crippen LogP contribution in [0, 0.1) is 10.1 Å². The van der Waals surface area contributed by atoms with E-state index in [0.29, 0.717) is 24.1 Å². The smallest absolute Gasteiger partial charge is 0.390 e. The van der Waals surface area contributed by atoms with Crippen molar-refractivity contribution in [3.8, 4) is 0 Å². The summed E-state index contributed by atoms with van der Waals surface area (Å²) in [4.78, 5) is 15.4. The number of aryl methyl sites for hydroxylation is 1. The largest absolute Gasteiger partial charge is 0.490 e. The first-order chi connectivity index (χ1) is 15.9. The number of rotatable bonds is 9. The molecule has 14 heteroatoms. The van der Waals surface area contributed by atoms with Crippen molar-refractivity contribution in [2.24, 2.45) is 0 Å². The molecule has 2 aromatic carbocycles. The molecule has 0 N–H and O–H groups in total. The molecule has 190 valence electrons. The van der Waals surface area contributed by atoms with E-state index in [4.69, 9.17) is 0 Å². The summed E-state index contributed by atoms with van der Waals surface area (Å²) in [5.74, 6) is -0.536. The molecule has 0 aliphatic heterocycles. The summed E-state index contributed by atoms with van der Waals surface area (Å²) in [5, 5.41) is 14.4. The first kappa shape index (κ1) is 28.1. The number of halogens is 7. The standard InChI is InChI=1S/C21H19F6N5O2.ClH/c22-20(23,24)17-6-2-15(3-7-17)12-30(10-1-11-31-14-28-19(29-31)32(33)34)13-16-4-8-18(9-5-16)21(25,26)27;/h2-9,14H,1,10-13H2;1H. The lowest BCUT2D eigenvalue weighted by Gasteiger charge is -2.23. The second-order valence-corrected chi connectivity index (χ2v) is 7.52. The van der Waals surface area contributed by atoms with Crippen molar-refractivity contribution in [2.45, 2.75) is 38.4 Å². The lowest BCUT2D eigenvalue weighted by molar-refractivity contribution is -0.394. The highest BCUT2D eigenvalue weighted by Crippen LogP contribution is 2.30. The molecule has 1 aromatic heterocycles. The number of alkyl halides is 6. The van der Waals surface area contributed by atoms with Gasteiger partial charge in [0.1, 0.15) is 0 Å². The van der Waals surface area contributed by atoms with Crippen LogP contribution in [0.2, 0.25) is 0 Å². The summed E-state index contributed by atoms with van der Waals surface area (Å²) in [6, 6.07) is 9.29. The fourth-order valence-corrected chi connectivity index (χ4v) is 3.26. The highest BCUT2D eigenvalue weighted by molar-refractivity contribution is 5.85. The molecule has 0 radical (unpaired) electrons. The van der Waals surface area contributed by atoms with E-state index < -0.39 is 34.4 Å². The maximum absolute atomic E-state index is 12.8. The third-order valence-corrected chi connectivity index (χ3v) is 4.92. The molecule has 35 heavy (non-hydrogen) atoms. The van der Waals surface area contributed by atoms with Crippen molar-refractivity contribution >= 4 is 18.4 Å². The molecule has 0 aliphatic carbocycles. The molecule has 0 amide bonds. The lowest BCUT2D eigenvalue weighted by atomic mass is 10.1. The number of hydrogen-bond acceptors (Lipinski definition) is 5. The first-order valence-electron chi connectivity index (χ1n) is 10.0. The van der Waals surface area contributed by atoms with Crippen LogP contribution in [-0.2, 0) is 32.0 Å². The van der Waals surface area contributed by atoms with Crippen LogP contribution in [0.25, 0.3) is 0 Å². The van der Waals surface area contributed by atoms with Crippen molar-refractivity contribution in [1.82, 2.24) is 19.7 Å². The van der Waals surface area contributed by atoms with Gasteiger partial charge < -0.3 is 10.1 Å². The monoisotopic (exact) mass is 523 g/mol. The number of aromatic nitrogens is 3. The van der Waals surface area contributed by atoms with Gasteiger partial charge in [-0.25, -0.2) is 0 Å². The van der Waals surface area contributed by atoms with Crippen molar-refractivity contribution in [3.05, 3.63) is 87.2 Å². The Balaban J connectivity index is 0.00000432. The minimum absolute atomic E-state index is 0. The van der Waals surface area contributed by atoms with E-state index in [1.807, 2.05) is 4.90 Å². The summed E-state index contributed by atoms with van der Waals surface area (Å²) < 4.78 is 78.2. The van der Waals surface area contributed by atoms with Crippen LogP contribution >= 0.6 is 12.4 Å². The van der Waals surface area contributed by atoms with Crippen LogP contribution in [-0.4, -0.2) is 31.1 Å². The lowest BCUT2D eigenvalue weighted by Crippen LogP contribution is -2.25. The number of nitrogens with zero attached hydrogens (tertiary/aromatic N) is 5. The molecule has 0 spiro atoms. The van der Waals surface area contributed by atoms with Gasteiger partial charge in [-0.1, -0.05) is 29.2 Å². The Morgan fingerprint density at radius 2 is 1.31 bits per heavy atom. The van der Waals surface area contributed by atoms with Crippen molar-refractivity contribution < 1.29 is 31.3 Å². The van der Waals surface area contributed by atoms with Gasteiger partial charge in [-0.15, -0.1) is 12.4 Å². The zero-order valence-corrected chi connectivity index (χ0v) is 18.8. The molecule has 0 saturated carbocycles. The van der Waals surface area contributed by atoms with E-state index in [1.54, 1.807) is 0 Å². The summed E-state index contributed by atoms with van der Waals surface area (Å²) in [6.07, 6.45) is -7.24. The highest BCUT2D eigenvalue weighted by atomic mass is 35.5. The Kier molecular flexibility index (Phi) is 9.21. The molecule has 1 heterocycles. The molecule has 3 rings (SSSR count). The normalized spacial score (nSPS) is 12.0. The molecule has 3 aromatic rings. The van der Waals surface area contributed by atoms with E-state index in [1.165, 1.54) is 35.3 Å². The Hall–Kier alpha value is -3.19. The van der Waals surface area contributed by atoms with Crippen LogP contribution in [0.3, 0.4) is 0 Å². The Labute approximate surface area is 201 Å². The van der Waals surface area contributed by atoms with Crippen LogP contribution in [0.4, 0.5) is 32.3 Å². The van der Waals surface area contributed by atoms with Gasteiger partial charge in [0.25, 0.3) is 0 Å². The topological polar surface area (TPSA) is 77.1 Å². The molecular formula is C21H20ClF6N5O2. The van der Waals surface area contributed by atoms with Crippen LogP contribution < -0.4 is 0 Å². The quantitative estimate of drug-likeness (QED) is 0.203. The third-order valence-electron chi connectivity index (χ3n) is 4.92. The SMILES string of the molecule is Cl.O=[N+]([O-])c1ncn(CCCN(Cc2ccc(C(F)(F)F)cc2)Cc2ccc(C(F)(F)F)cc2)n1. The maximum atomic E-state index is 12.8. The van der Waals surface area contributed by atoms with Crippen LogP contribution in [0.15, 0.2) is 54.9 Å². The first-order valence-corrected chi connectivity index (χ1v) is 10.0. The van der Waals surface area contributed by atoms with Gasteiger partial charge in [0.15, 0.2) is 0 Å². The summed E-state index contributed by atoms with van der Waals surface area (Å²) >= 11 is 0. The molecule has 0 unspecified atom stereocenters. The fraction of sp³-hybridized carbons (Fsp3) is 0.333. The van der Waals surface area contributed by atoms with Crippen molar-refractivity contribution in [1.29, 1.82) is 0 Å². The zero-order valence-electron chi connectivity index (χ0n) is 18.0. The summed E-state index contributed by atoms with van der Waals surface area (Å²) in [5.41, 5.74) is -0.371. The third kappa shape index (κ3) is 8.21. The van der Waals surface area contributed by atoms with Gasteiger partial charge >= 0.3 is 18.3 Å². The summed E-state index contributed by atoms with van der Waals surface area (Å²) in [6.45, 7) is 1.18. The second-order valence-electron chi connectivity index (χ2n) is 7.52. The van der Waals surface area contributed by atoms with Gasteiger partial charge in [0, 0.05) is 24.7 Å². The average Bonchev–Trinajstić information content (AvgIpc) is 3.22. The van der Waals surface area contributed by atoms with E-state index in [9.17, 15) is 36.5 Å². The van der Waals surface area contributed by atoms with E-state index in [0.717, 1.165) is 24.3 Å². The van der Waals surface area contributed by atoms with Gasteiger partial charge in [0.2, 0.25) is 6.33 Å². The van der Waals surface area contributed by atoms with E-state index in [2.05, 4.69) is 10.1 Å². The van der Waals surface area contributed by atoms with E-state index in [-0.39, 0.29) is 32.0 Å². The predicted octanol–water partition coefficient (Wildman–Crippen LogP) is 5.74. The van der Waals surface area contributed by atoms with Gasteiger partial charge in [-0.3, -0.25) is 4.90 Å². The molecular weight excluding hydrogens is 504 g/mol. The Bertz CT molecular complexity index is 1040. The van der Waals surface area contributed by atoms with Crippen LogP contribution in [0.1, 0.15) is 28.7 Å². The van der Waals surface area contributed by atoms with Gasteiger partial charge in [-0.05, 0) is 46.7 Å². The molecule has 0 bridgehead atoms. The molecule has 0 atom stereocenters. The molecule has 0 fully saturated rings. The maximum Gasteiger partial charge on any atom is 0.490 e. The Morgan fingerprint density at radius 1 is 0.857 bits per heavy atom. The molecule has 7 nitrogen and oxygen atoms in total.